The van der Waals surface area contributed by atoms with Gasteiger partial charge in [0.15, 0.2) is 0 Å². The Kier molecular flexibility index (Phi) is 5.71. The Labute approximate surface area is 107 Å². The van der Waals surface area contributed by atoms with Crippen LogP contribution in [0, 0.1) is 0 Å². The summed E-state index contributed by atoms with van der Waals surface area (Å²) in [7, 11) is 0. The third-order valence-electron chi connectivity index (χ3n) is 2.77. The molecule has 0 aromatic carbocycles. The number of piperazine rings is 1. The van der Waals surface area contributed by atoms with E-state index in [1.165, 1.54) is 0 Å². The molecule has 98 valence electrons. The van der Waals surface area contributed by atoms with Crippen LogP contribution in [0.2, 0.25) is 0 Å². The zero-order chi connectivity index (χ0) is 12.8. The van der Waals surface area contributed by atoms with Crippen LogP contribution in [0.25, 0.3) is 0 Å². The van der Waals surface area contributed by atoms with Gasteiger partial charge in [-0.2, -0.15) is 0 Å². The lowest BCUT2D eigenvalue weighted by molar-refractivity contribution is -0.132. The van der Waals surface area contributed by atoms with Crippen molar-refractivity contribution in [1.82, 2.24) is 15.1 Å². The number of rotatable bonds is 4. The third kappa shape index (κ3) is 4.52. The maximum Gasteiger partial charge on any atom is 0.240 e. The molecule has 6 heteroatoms. The van der Waals surface area contributed by atoms with Crippen LogP contribution in [0.3, 0.4) is 0 Å². The molecule has 1 atom stereocenters. The number of amides is 2. The Hall–Kier alpha value is -0.810. The van der Waals surface area contributed by atoms with E-state index in [4.69, 9.17) is 11.6 Å². The molecule has 0 spiro atoms. The number of nitrogens with one attached hydrogen (secondary N) is 1. The van der Waals surface area contributed by atoms with Crippen molar-refractivity contribution >= 4 is 23.4 Å². The van der Waals surface area contributed by atoms with Crippen molar-refractivity contribution in [2.24, 2.45) is 0 Å². The van der Waals surface area contributed by atoms with Gasteiger partial charge in [-0.25, -0.2) is 0 Å². The van der Waals surface area contributed by atoms with Crippen LogP contribution < -0.4 is 5.32 Å². The van der Waals surface area contributed by atoms with Gasteiger partial charge in [-0.1, -0.05) is 0 Å². The summed E-state index contributed by atoms with van der Waals surface area (Å²) in [5, 5.41) is 2.30. The maximum absolute atomic E-state index is 11.6. The van der Waals surface area contributed by atoms with Crippen molar-refractivity contribution in [2.75, 3.05) is 39.3 Å². The minimum atomic E-state index is -0.468. The normalized spacial score (nSPS) is 18.9. The highest BCUT2D eigenvalue weighted by Gasteiger charge is 2.24. The van der Waals surface area contributed by atoms with Crippen molar-refractivity contribution in [1.29, 1.82) is 0 Å². The lowest BCUT2D eigenvalue weighted by Gasteiger charge is -2.34. The third-order valence-corrected chi connectivity index (χ3v) is 2.95. The van der Waals surface area contributed by atoms with E-state index in [1.54, 1.807) is 11.8 Å². The number of nitrogens with zero attached hydrogens (tertiary/aromatic N) is 2. The molecule has 2 amide bonds. The lowest BCUT2D eigenvalue weighted by atomic mass is 10.3. The Balaban J connectivity index is 2.31. The van der Waals surface area contributed by atoms with Gasteiger partial charge in [-0.15, -0.1) is 11.6 Å². The fourth-order valence-corrected chi connectivity index (χ4v) is 1.97. The molecule has 0 saturated carbocycles. The van der Waals surface area contributed by atoms with Gasteiger partial charge < -0.3 is 10.2 Å². The van der Waals surface area contributed by atoms with E-state index >= 15 is 0 Å². The van der Waals surface area contributed by atoms with Crippen molar-refractivity contribution in [3.63, 3.8) is 0 Å². The molecule has 1 saturated heterocycles. The second-order valence-electron chi connectivity index (χ2n) is 4.17. The van der Waals surface area contributed by atoms with Crippen molar-refractivity contribution in [2.45, 2.75) is 19.2 Å². The average molecular weight is 262 g/mol. The first kappa shape index (κ1) is 14.3. The highest BCUT2D eigenvalue weighted by molar-refractivity contribution is 6.30. The summed E-state index contributed by atoms with van der Waals surface area (Å²) < 4.78 is 0. The molecular weight excluding hydrogens is 242 g/mol. The summed E-state index contributed by atoms with van der Waals surface area (Å²) in [4.78, 5) is 26.8. The van der Waals surface area contributed by atoms with Crippen molar-refractivity contribution < 1.29 is 9.59 Å². The highest BCUT2D eigenvalue weighted by atomic mass is 35.5. The largest absolute Gasteiger partial charge is 0.355 e. The summed E-state index contributed by atoms with van der Waals surface area (Å²) in [5.74, 6) is 0.0160. The van der Waals surface area contributed by atoms with Crippen LogP contribution >= 0.6 is 11.6 Å². The molecule has 0 bridgehead atoms. The number of carbonyl (C=O) groups excluding carboxylic acids is 2. The number of likely N-dealkylation sites (N-methyl/N-ethyl adjacent to an activating group) is 1. The SMILES string of the molecule is CCNC(=O)CN1CCN(C(=O)C(C)Cl)CC1. The van der Waals surface area contributed by atoms with Crippen LogP contribution in [0.15, 0.2) is 0 Å². The topological polar surface area (TPSA) is 52.7 Å². The van der Waals surface area contributed by atoms with Gasteiger partial charge in [0.1, 0.15) is 5.38 Å². The minimum absolute atomic E-state index is 0.0238. The molecule has 1 unspecified atom stereocenters. The standard InChI is InChI=1S/C11H20ClN3O2/c1-3-13-10(16)8-14-4-6-15(7-5-14)11(17)9(2)12/h9H,3-8H2,1-2H3,(H,13,16). The molecule has 0 radical (unpaired) electrons. The predicted molar refractivity (Wildman–Crippen MR) is 67.0 cm³/mol. The fourth-order valence-electron chi connectivity index (χ4n) is 1.83. The molecule has 17 heavy (non-hydrogen) atoms. The second kappa shape index (κ2) is 6.81. The summed E-state index contributed by atoms with van der Waals surface area (Å²) in [6, 6.07) is 0. The van der Waals surface area contributed by atoms with E-state index in [2.05, 4.69) is 5.32 Å². The smallest absolute Gasteiger partial charge is 0.240 e. The zero-order valence-electron chi connectivity index (χ0n) is 10.4. The van der Waals surface area contributed by atoms with E-state index in [9.17, 15) is 9.59 Å². The Morgan fingerprint density at radius 1 is 1.29 bits per heavy atom. The highest BCUT2D eigenvalue weighted by Crippen LogP contribution is 2.06. The fraction of sp³-hybridized carbons (Fsp3) is 0.818. The van der Waals surface area contributed by atoms with Crippen LogP contribution in [0.4, 0.5) is 0 Å². The Morgan fingerprint density at radius 3 is 2.35 bits per heavy atom. The molecular formula is C11H20ClN3O2. The van der Waals surface area contributed by atoms with E-state index < -0.39 is 5.38 Å². The molecule has 1 aliphatic rings. The van der Waals surface area contributed by atoms with Crippen LogP contribution in [0.1, 0.15) is 13.8 Å². The van der Waals surface area contributed by atoms with E-state index in [-0.39, 0.29) is 11.8 Å². The van der Waals surface area contributed by atoms with Gasteiger partial charge in [0.05, 0.1) is 6.54 Å². The van der Waals surface area contributed by atoms with Gasteiger partial charge >= 0.3 is 0 Å². The second-order valence-corrected chi connectivity index (χ2v) is 4.83. The molecule has 1 N–H and O–H groups in total. The number of alkyl halides is 1. The van der Waals surface area contributed by atoms with Gasteiger partial charge in [0.25, 0.3) is 0 Å². The monoisotopic (exact) mass is 261 g/mol. The first-order chi connectivity index (χ1) is 8.04. The zero-order valence-corrected chi connectivity index (χ0v) is 11.2. The van der Waals surface area contributed by atoms with Gasteiger partial charge in [0.2, 0.25) is 11.8 Å². The number of halogens is 1. The summed E-state index contributed by atoms with van der Waals surface area (Å²) in [5.41, 5.74) is 0. The van der Waals surface area contributed by atoms with Gasteiger partial charge in [-0.3, -0.25) is 14.5 Å². The van der Waals surface area contributed by atoms with E-state index in [0.717, 1.165) is 13.1 Å². The van der Waals surface area contributed by atoms with E-state index in [0.29, 0.717) is 26.2 Å². The van der Waals surface area contributed by atoms with Gasteiger partial charge in [0, 0.05) is 32.7 Å². The first-order valence-corrected chi connectivity index (χ1v) is 6.40. The van der Waals surface area contributed by atoms with Crippen LogP contribution in [-0.4, -0.2) is 66.3 Å². The molecule has 1 aliphatic heterocycles. The van der Waals surface area contributed by atoms with Crippen molar-refractivity contribution in [3.8, 4) is 0 Å². The predicted octanol–water partition coefficient (Wildman–Crippen LogP) is -0.106. The first-order valence-electron chi connectivity index (χ1n) is 5.96. The summed E-state index contributed by atoms with van der Waals surface area (Å²) >= 11 is 5.75. The van der Waals surface area contributed by atoms with Gasteiger partial charge in [-0.05, 0) is 13.8 Å². The molecule has 0 aliphatic carbocycles. The van der Waals surface area contributed by atoms with E-state index in [1.807, 2.05) is 11.8 Å². The molecule has 1 heterocycles. The number of hydrogen-bond acceptors (Lipinski definition) is 3. The molecule has 0 aromatic rings. The average Bonchev–Trinajstić information content (AvgIpc) is 2.29. The summed E-state index contributed by atoms with van der Waals surface area (Å²) in [6.07, 6.45) is 0. The Morgan fingerprint density at radius 2 is 1.88 bits per heavy atom. The van der Waals surface area contributed by atoms with Crippen LogP contribution in [-0.2, 0) is 9.59 Å². The molecule has 0 aromatic heterocycles. The Bertz CT molecular complexity index is 276. The number of carbonyl (C=O) groups is 2. The maximum atomic E-state index is 11.6. The molecule has 1 rings (SSSR count). The van der Waals surface area contributed by atoms with Crippen molar-refractivity contribution in [3.05, 3.63) is 0 Å². The number of hydrogen-bond donors (Lipinski definition) is 1. The minimum Gasteiger partial charge on any atom is -0.355 e. The molecule has 1 fully saturated rings. The van der Waals surface area contributed by atoms with Crippen LogP contribution in [0.5, 0.6) is 0 Å². The molecule has 5 nitrogen and oxygen atoms in total. The quantitative estimate of drug-likeness (QED) is 0.719. The lowest BCUT2D eigenvalue weighted by Crippen LogP contribution is -2.52. The summed E-state index contributed by atoms with van der Waals surface area (Å²) in [6.45, 7) is 7.40.